The summed E-state index contributed by atoms with van der Waals surface area (Å²) in [5.74, 6) is 0.555. The zero-order chi connectivity index (χ0) is 10.5. The van der Waals surface area contributed by atoms with Crippen LogP contribution < -0.4 is 0 Å². The first-order valence-corrected chi connectivity index (χ1v) is 5.67. The molecule has 0 aliphatic rings. The van der Waals surface area contributed by atoms with Gasteiger partial charge in [-0.05, 0) is 35.9 Å². The fourth-order valence-electron chi connectivity index (χ4n) is 1.25. The van der Waals surface area contributed by atoms with Crippen molar-refractivity contribution in [1.29, 1.82) is 0 Å². The lowest BCUT2D eigenvalue weighted by atomic mass is 10.2. The van der Waals surface area contributed by atoms with Gasteiger partial charge in [0, 0.05) is 10.6 Å². The smallest absolute Gasteiger partial charge is 0.123 e. The van der Waals surface area contributed by atoms with Crippen molar-refractivity contribution in [3.63, 3.8) is 0 Å². The van der Waals surface area contributed by atoms with Crippen molar-refractivity contribution in [2.45, 2.75) is 10.6 Å². The molecule has 75 valence electrons. The first-order valence-electron chi connectivity index (χ1n) is 4.68. The highest BCUT2D eigenvalue weighted by Crippen LogP contribution is 2.22. The van der Waals surface area contributed by atoms with Gasteiger partial charge < -0.3 is 0 Å². The zero-order valence-corrected chi connectivity index (χ0v) is 8.93. The molecule has 0 spiro atoms. The van der Waals surface area contributed by atoms with E-state index in [-0.39, 0.29) is 5.82 Å². The Morgan fingerprint density at radius 1 is 1.13 bits per heavy atom. The molecule has 1 radical (unpaired) electrons. The molecule has 0 aliphatic carbocycles. The first-order chi connectivity index (χ1) is 7.34. The van der Waals surface area contributed by atoms with E-state index in [0.29, 0.717) is 0 Å². The summed E-state index contributed by atoms with van der Waals surface area (Å²) in [6, 6.07) is 17.6. The lowest BCUT2D eigenvalue weighted by Gasteiger charge is -2.01. The number of hydrogen-bond donors (Lipinski definition) is 0. The number of rotatable bonds is 3. The first kappa shape index (κ1) is 10.2. The van der Waals surface area contributed by atoms with Gasteiger partial charge in [0.1, 0.15) is 5.82 Å². The van der Waals surface area contributed by atoms with Crippen LogP contribution in [0.3, 0.4) is 0 Å². The summed E-state index contributed by atoms with van der Waals surface area (Å²) in [4.78, 5) is 1.19. The maximum Gasteiger partial charge on any atom is 0.123 e. The van der Waals surface area contributed by atoms with E-state index in [4.69, 9.17) is 0 Å². The van der Waals surface area contributed by atoms with E-state index in [0.717, 1.165) is 11.3 Å². The van der Waals surface area contributed by atoms with Crippen LogP contribution in [0.4, 0.5) is 4.39 Å². The van der Waals surface area contributed by atoms with Gasteiger partial charge in [-0.25, -0.2) is 4.39 Å². The molecule has 2 heteroatoms. The predicted octanol–water partition coefficient (Wildman–Crippen LogP) is 3.92. The van der Waals surface area contributed by atoms with Crippen LogP contribution in [0.2, 0.25) is 0 Å². The minimum atomic E-state index is -0.197. The monoisotopic (exact) mass is 217 g/mol. The molecule has 15 heavy (non-hydrogen) atoms. The van der Waals surface area contributed by atoms with E-state index < -0.39 is 0 Å². The van der Waals surface area contributed by atoms with Crippen molar-refractivity contribution >= 4 is 11.8 Å². The Kier molecular flexibility index (Phi) is 3.41. The van der Waals surface area contributed by atoms with Crippen molar-refractivity contribution in [3.8, 4) is 0 Å². The molecular formula is C13H10FS. The van der Waals surface area contributed by atoms with Crippen LogP contribution in [0.25, 0.3) is 0 Å². The Morgan fingerprint density at radius 3 is 2.67 bits per heavy atom. The van der Waals surface area contributed by atoms with Crippen LogP contribution in [0, 0.1) is 11.9 Å². The van der Waals surface area contributed by atoms with Gasteiger partial charge in [-0.3, -0.25) is 0 Å². The Labute approximate surface area is 93.1 Å². The predicted molar refractivity (Wildman–Crippen MR) is 61.2 cm³/mol. The van der Waals surface area contributed by atoms with Crippen LogP contribution in [0.5, 0.6) is 0 Å². The normalized spacial score (nSPS) is 10.2. The van der Waals surface area contributed by atoms with E-state index in [1.807, 2.05) is 30.3 Å². The molecule has 0 saturated heterocycles. The third kappa shape index (κ3) is 3.10. The van der Waals surface area contributed by atoms with Gasteiger partial charge in [-0.15, -0.1) is 11.8 Å². The minimum Gasteiger partial charge on any atom is -0.207 e. The van der Waals surface area contributed by atoms with Crippen LogP contribution in [-0.2, 0) is 5.75 Å². The average Bonchev–Trinajstić information content (AvgIpc) is 2.28. The number of benzene rings is 2. The summed E-state index contributed by atoms with van der Waals surface area (Å²) in [7, 11) is 0. The topological polar surface area (TPSA) is 0 Å². The molecule has 0 aliphatic heterocycles. The molecule has 0 atom stereocenters. The van der Waals surface area contributed by atoms with Crippen molar-refractivity contribution in [2.75, 3.05) is 0 Å². The summed E-state index contributed by atoms with van der Waals surface area (Å²) >= 11 is 1.68. The molecule has 0 bridgehead atoms. The third-order valence-electron chi connectivity index (χ3n) is 1.96. The molecule has 0 fully saturated rings. The van der Waals surface area contributed by atoms with Gasteiger partial charge in [-0.1, -0.05) is 24.3 Å². The molecule has 0 N–H and O–H groups in total. The average molecular weight is 217 g/mol. The lowest BCUT2D eigenvalue weighted by Crippen LogP contribution is -1.82. The van der Waals surface area contributed by atoms with Crippen molar-refractivity contribution in [1.82, 2.24) is 0 Å². The quantitative estimate of drug-likeness (QED) is 0.702. The van der Waals surface area contributed by atoms with Gasteiger partial charge in [0.25, 0.3) is 0 Å². The van der Waals surface area contributed by atoms with E-state index in [1.54, 1.807) is 17.8 Å². The molecule has 2 aromatic carbocycles. The highest BCUT2D eigenvalue weighted by atomic mass is 32.2. The van der Waals surface area contributed by atoms with E-state index >= 15 is 0 Å². The second-order valence-corrected chi connectivity index (χ2v) is 4.18. The zero-order valence-electron chi connectivity index (χ0n) is 8.11. The number of hydrogen-bond acceptors (Lipinski definition) is 1. The van der Waals surface area contributed by atoms with Crippen molar-refractivity contribution < 1.29 is 4.39 Å². The maximum absolute atomic E-state index is 12.9. The summed E-state index contributed by atoms with van der Waals surface area (Å²) in [6.45, 7) is 0. The second-order valence-electron chi connectivity index (χ2n) is 3.13. The summed E-state index contributed by atoms with van der Waals surface area (Å²) in [6.07, 6.45) is 0. The van der Waals surface area contributed by atoms with Gasteiger partial charge in [-0.2, -0.15) is 0 Å². The van der Waals surface area contributed by atoms with Gasteiger partial charge in [0.2, 0.25) is 0 Å². The summed E-state index contributed by atoms with van der Waals surface area (Å²) in [5, 5.41) is 0. The molecular weight excluding hydrogens is 207 g/mol. The third-order valence-corrected chi connectivity index (χ3v) is 3.02. The molecule has 2 rings (SSSR count). The molecule has 0 nitrogen and oxygen atoms in total. The molecule has 0 unspecified atom stereocenters. The fourth-order valence-corrected chi connectivity index (χ4v) is 2.08. The van der Waals surface area contributed by atoms with Crippen LogP contribution in [0.15, 0.2) is 53.4 Å². The van der Waals surface area contributed by atoms with Crippen LogP contribution in [0.1, 0.15) is 5.56 Å². The summed E-state index contributed by atoms with van der Waals surface area (Å²) < 4.78 is 12.9. The van der Waals surface area contributed by atoms with Gasteiger partial charge in [0.05, 0.1) is 0 Å². The van der Waals surface area contributed by atoms with Crippen molar-refractivity contribution in [3.05, 3.63) is 66.0 Å². The highest BCUT2D eigenvalue weighted by molar-refractivity contribution is 7.98. The van der Waals surface area contributed by atoms with Crippen LogP contribution >= 0.6 is 11.8 Å². The van der Waals surface area contributed by atoms with Crippen LogP contribution in [-0.4, -0.2) is 0 Å². The molecule has 0 saturated carbocycles. The summed E-state index contributed by atoms with van der Waals surface area (Å²) in [5.41, 5.74) is 0.892. The minimum absolute atomic E-state index is 0.197. The van der Waals surface area contributed by atoms with Crippen molar-refractivity contribution in [2.24, 2.45) is 0 Å². The van der Waals surface area contributed by atoms with E-state index in [9.17, 15) is 4.39 Å². The Morgan fingerprint density at radius 2 is 1.93 bits per heavy atom. The Balaban J connectivity index is 1.99. The molecule has 0 aromatic heterocycles. The largest absolute Gasteiger partial charge is 0.207 e. The SMILES string of the molecule is Fc1cc[c]c(CSc2ccccc2)c1. The van der Waals surface area contributed by atoms with Gasteiger partial charge >= 0.3 is 0 Å². The maximum atomic E-state index is 12.9. The van der Waals surface area contributed by atoms with Gasteiger partial charge in [0.15, 0.2) is 0 Å². The van der Waals surface area contributed by atoms with E-state index in [2.05, 4.69) is 6.07 Å². The standard InChI is InChI=1S/C13H10FS/c14-12-6-4-5-11(9-12)10-15-13-7-2-1-3-8-13/h1-4,6-9H,10H2. The Bertz CT molecular complexity index is 426. The molecule has 0 amide bonds. The number of thioether (sulfide) groups is 1. The van der Waals surface area contributed by atoms with E-state index in [1.165, 1.54) is 17.0 Å². The second kappa shape index (κ2) is 4.99. The Hall–Kier alpha value is -1.28. The molecule has 2 aromatic rings. The number of halogens is 1. The molecule has 0 heterocycles. The fraction of sp³-hybridized carbons (Fsp3) is 0.0769. The highest BCUT2D eigenvalue weighted by Gasteiger charge is 1.97. The lowest BCUT2D eigenvalue weighted by molar-refractivity contribution is 0.626.